The van der Waals surface area contributed by atoms with Crippen LogP contribution in [0.4, 0.5) is 0 Å². The Morgan fingerprint density at radius 3 is 2.38 bits per heavy atom. The van der Waals surface area contributed by atoms with E-state index in [4.69, 9.17) is 24.9 Å². The molecule has 0 radical (unpaired) electrons. The molecule has 0 saturated carbocycles. The molecule has 0 aromatic heterocycles. The molecule has 132 valence electrons. The first-order chi connectivity index (χ1) is 11.7. The van der Waals surface area contributed by atoms with E-state index in [1.807, 2.05) is 12.1 Å². The van der Waals surface area contributed by atoms with Crippen molar-refractivity contribution in [2.75, 3.05) is 45.2 Å². The minimum Gasteiger partial charge on any atom is -0.372 e. The zero-order valence-electron chi connectivity index (χ0n) is 13.5. The van der Waals surface area contributed by atoms with Gasteiger partial charge in [0.2, 0.25) is 5.12 Å². The van der Waals surface area contributed by atoms with Crippen molar-refractivity contribution in [2.45, 2.75) is 12.5 Å². The van der Waals surface area contributed by atoms with Gasteiger partial charge in [-0.05, 0) is 18.6 Å². The molecule has 3 fully saturated rings. The summed E-state index contributed by atoms with van der Waals surface area (Å²) in [6.45, 7) is 4.83. The summed E-state index contributed by atoms with van der Waals surface area (Å²) in [6, 6.07) is 7.91. The van der Waals surface area contributed by atoms with Crippen molar-refractivity contribution in [3.8, 4) is 0 Å². The Kier molecular flexibility index (Phi) is 6.74. The van der Waals surface area contributed by atoms with E-state index in [1.165, 1.54) is 11.8 Å². The maximum Gasteiger partial charge on any atom is 0.501 e. The van der Waals surface area contributed by atoms with E-state index < -0.39 is 8.80 Å². The van der Waals surface area contributed by atoms with Crippen LogP contribution < -0.4 is 0 Å². The minimum absolute atomic E-state index is 0.00787. The molecule has 8 heteroatoms. The standard InChI is InChI=1S/C16H22ClNO4SSi/c17-15-5-2-1-4-14(15)16(19)23-12-3-13-24-20-9-6-18(7-10-21-24)8-11-22-24/h1-2,4-5H,3,6-13H2. The number of carbonyl (C=O) groups excluding carboxylic acids is 1. The van der Waals surface area contributed by atoms with Gasteiger partial charge in [-0.2, -0.15) is 0 Å². The van der Waals surface area contributed by atoms with Crippen molar-refractivity contribution < 1.29 is 18.1 Å². The monoisotopic (exact) mass is 387 g/mol. The molecule has 1 aromatic carbocycles. The van der Waals surface area contributed by atoms with Gasteiger partial charge in [-0.3, -0.25) is 9.69 Å². The van der Waals surface area contributed by atoms with Gasteiger partial charge in [0.15, 0.2) is 0 Å². The number of nitrogens with zero attached hydrogens (tertiary/aromatic N) is 1. The number of carbonyl (C=O) groups is 1. The van der Waals surface area contributed by atoms with Gasteiger partial charge >= 0.3 is 8.80 Å². The second kappa shape index (κ2) is 8.80. The highest BCUT2D eigenvalue weighted by Gasteiger charge is 2.43. The SMILES string of the molecule is O=C(SCCC[Si]12OCCN(CCO1)CCO2)c1ccccc1Cl. The topological polar surface area (TPSA) is 48.0 Å². The molecule has 3 aliphatic rings. The average molecular weight is 388 g/mol. The third-order valence-corrected chi connectivity index (χ3v) is 8.34. The van der Waals surface area contributed by atoms with Crippen LogP contribution >= 0.6 is 23.4 Å². The maximum absolute atomic E-state index is 12.2. The van der Waals surface area contributed by atoms with Crippen molar-refractivity contribution in [3.63, 3.8) is 0 Å². The van der Waals surface area contributed by atoms with Crippen molar-refractivity contribution >= 4 is 37.3 Å². The van der Waals surface area contributed by atoms with Gasteiger partial charge in [-0.1, -0.05) is 35.5 Å². The molecule has 1 aromatic rings. The maximum atomic E-state index is 12.2. The minimum atomic E-state index is -2.57. The first kappa shape index (κ1) is 18.4. The number of hydrogen-bond acceptors (Lipinski definition) is 6. The van der Waals surface area contributed by atoms with E-state index in [0.29, 0.717) is 36.2 Å². The van der Waals surface area contributed by atoms with Gasteiger partial charge in [-0.15, -0.1) is 0 Å². The van der Waals surface area contributed by atoms with Crippen LogP contribution in [0.5, 0.6) is 0 Å². The fraction of sp³-hybridized carbons (Fsp3) is 0.562. The van der Waals surface area contributed by atoms with Crippen molar-refractivity contribution in [1.29, 1.82) is 0 Å². The van der Waals surface area contributed by atoms with E-state index in [9.17, 15) is 4.79 Å². The predicted molar refractivity (Wildman–Crippen MR) is 97.7 cm³/mol. The lowest BCUT2D eigenvalue weighted by Gasteiger charge is -2.38. The highest BCUT2D eigenvalue weighted by Crippen LogP contribution is 2.25. The lowest BCUT2D eigenvalue weighted by atomic mass is 10.2. The Hall–Kier alpha value is -0.413. The zero-order valence-corrected chi connectivity index (χ0v) is 16.1. The van der Waals surface area contributed by atoms with Crippen LogP contribution in [0.3, 0.4) is 0 Å². The molecule has 5 nitrogen and oxygen atoms in total. The van der Waals surface area contributed by atoms with E-state index in [0.717, 1.165) is 32.1 Å². The highest BCUT2D eigenvalue weighted by molar-refractivity contribution is 8.14. The molecule has 3 saturated heterocycles. The lowest BCUT2D eigenvalue weighted by Crippen LogP contribution is -2.55. The first-order valence-electron chi connectivity index (χ1n) is 8.24. The molecule has 0 atom stereocenters. The van der Waals surface area contributed by atoms with Crippen LogP contribution in [-0.2, 0) is 13.3 Å². The van der Waals surface area contributed by atoms with Crippen molar-refractivity contribution in [1.82, 2.24) is 4.90 Å². The Morgan fingerprint density at radius 1 is 1.12 bits per heavy atom. The quantitative estimate of drug-likeness (QED) is 0.572. The molecule has 2 bridgehead atoms. The predicted octanol–water partition coefficient (Wildman–Crippen LogP) is 2.92. The van der Waals surface area contributed by atoms with Crippen molar-refractivity contribution in [3.05, 3.63) is 34.9 Å². The summed E-state index contributed by atoms with van der Waals surface area (Å²) >= 11 is 7.36. The molecule has 0 N–H and O–H groups in total. The van der Waals surface area contributed by atoms with Gasteiger partial charge < -0.3 is 13.3 Å². The number of benzene rings is 1. The summed E-state index contributed by atoms with van der Waals surface area (Å²) in [5.41, 5.74) is 0.570. The van der Waals surface area contributed by atoms with Gasteiger partial charge in [0.05, 0.1) is 24.8 Å². The van der Waals surface area contributed by atoms with Crippen LogP contribution in [0, 0.1) is 0 Å². The summed E-state index contributed by atoms with van der Waals surface area (Å²) in [6.07, 6.45) is 0.830. The zero-order chi connectivity index (χ0) is 16.8. The van der Waals surface area contributed by atoms with Crippen LogP contribution in [-0.4, -0.2) is 64.0 Å². The molecule has 0 amide bonds. The number of hydrogen-bond donors (Lipinski definition) is 0. The molecular formula is C16H22ClNO4SSi. The van der Waals surface area contributed by atoms with Gasteiger partial charge in [-0.25, -0.2) is 0 Å². The van der Waals surface area contributed by atoms with E-state index in [2.05, 4.69) is 4.90 Å². The van der Waals surface area contributed by atoms with Crippen LogP contribution in [0.1, 0.15) is 16.8 Å². The molecule has 0 spiro atoms. The smallest absolute Gasteiger partial charge is 0.372 e. The van der Waals surface area contributed by atoms with E-state index in [1.54, 1.807) is 12.1 Å². The van der Waals surface area contributed by atoms with Crippen molar-refractivity contribution in [2.24, 2.45) is 0 Å². The molecule has 0 unspecified atom stereocenters. The largest absolute Gasteiger partial charge is 0.501 e. The second-order valence-corrected chi connectivity index (χ2v) is 10.00. The molecule has 0 aliphatic carbocycles. The molecule has 24 heavy (non-hydrogen) atoms. The Balaban J connectivity index is 1.48. The van der Waals surface area contributed by atoms with Crippen LogP contribution in [0.2, 0.25) is 11.1 Å². The fourth-order valence-corrected chi connectivity index (χ4v) is 6.67. The van der Waals surface area contributed by atoms with Crippen LogP contribution in [0.25, 0.3) is 0 Å². The van der Waals surface area contributed by atoms with Gasteiger partial charge in [0.1, 0.15) is 0 Å². The van der Waals surface area contributed by atoms with E-state index in [-0.39, 0.29) is 5.12 Å². The molecular weight excluding hydrogens is 366 g/mol. The second-order valence-electron chi connectivity index (χ2n) is 5.79. The lowest BCUT2D eigenvalue weighted by molar-refractivity contribution is -0.00829. The van der Waals surface area contributed by atoms with Gasteiger partial charge in [0.25, 0.3) is 0 Å². The summed E-state index contributed by atoms with van der Waals surface area (Å²) in [4.78, 5) is 14.5. The van der Waals surface area contributed by atoms with E-state index >= 15 is 0 Å². The summed E-state index contributed by atoms with van der Waals surface area (Å²) in [5.74, 6) is 0.709. The number of fused-ring (bicyclic) bond motifs is 6. The number of halogens is 1. The average Bonchev–Trinajstić information content (AvgIpc) is 2.52. The number of rotatable bonds is 5. The Bertz CT molecular complexity index is 550. The fourth-order valence-electron chi connectivity index (χ4n) is 2.83. The summed E-state index contributed by atoms with van der Waals surface area (Å²) in [5, 5.41) is 0.510. The summed E-state index contributed by atoms with van der Waals surface area (Å²) in [7, 11) is -2.57. The van der Waals surface area contributed by atoms with Gasteiger partial charge in [0, 0.05) is 37.0 Å². The third-order valence-electron chi connectivity index (χ3n) is 4.14. The highest BCUT2D eigenvalue weighted by atomic mass is 35.5. The molecule has 3 aliphatic heterocycles. The molecule has 4 rings (SSSR count). The Labute approximate surface area is 153 Å². The Morgan fingerprint density at radius 2 is 1.75 bits per heavy atom. The first-order valence-corrected chi connectivity index (χ1v) is 11.5. The third kappa shape index (κ3) is 4.82. The number of thioether (sulfide) groups is 1. The summed E-state index contributed by atoms with van der Waals surface area (Å²) < 4.78 is 18.0. The normalized spacial score (nSPS) is 27.3. The van der Waals surface area contributed by atoms with Crippen LogP contribution in [0.15, 0.2) is 24.3 Å². The molecule has 3 heterocycles.